The van der Waals surface area contributed by atoms with Crippen LogP contribution < -0.4 is 10.0 Å². The molecular weight excluding hydrogens is 516 g/mol. The quantitative estimate of drug-likeness (QED) is 0.366. The number of hydrogen-bond donors (Lipinski definition) is 3. The van der Waals surface area contributed by atoms with E-state index < -0.39 is 32.1 Å². The Morgan fingerprint density at radius 2 is 1.73 bits per heavy atom. The van der Waals surface area contributed by atoms with E-state index in [-0.39, 0.29) is 22.6 Å². The molecular formula is C25H26N4O6S2. The smallest absolute Gasteiger partial charge is 0.322 e. The van der Waals surface area contributed by atoms with Crippen LogP contribution in [0.2, 0.25) is 0 Å². The van der Waals surface area contributed by atoms with Gasteiger partial charge >= 0.3 is 5.97 Å². The van der Waals surface area contributed by atoms with Gasteiger partial charge in [-0.15, -0.1) is 0 Å². The summed E-state index contributed by atoms with van der Waals surface area (Å²) in [5.74, 6) is -1.74. The first-order valence-corrected chi connectivity index (χ1v) is 14.6. The van der Waals surface area contributed by atoms with Gasteiger partial charge < -0.3 is 10.4 Å². The van der Waals surface area contributed by atoms with Crippen LogP contribution in [0.3, 0.4) is 0 Å². The molecule has 0 bridgehead atoms. The zero-order valence-electron chi connectivity index (χ0n) is 19.8. The Morgan fingerprint density at radius 3 is 2.41 bits per heavy atom. The molecule has 194 valence electrons. The Hall–Kier alpha value is -3.34. The Labute approximate surface area is 215 Å². The number of carboxylic acid groups (broad SMARTS) is 1. The number of aliphatic carboxylic acids is 1. The Kier molecular flexibility index (Phi) is 7.91. The maximum Gasteiger partial charge on any atom is 0.322 e. The van der Waals surface area contributed by atoms with E-state index in [1.54, 1.807) is 18.2 Å². The highest BCUT2D eigenvalue weighted by Gasteiger charge is 2.28. The second kappa shape index (κ2) is 11.0. The lowest BCUT2D eigenvalue weighted by Gasteiger charge is -2.26. The fourth-order valence-electron chi connectivity index (χ4n) is 4.20. The highest BCUT2D eigenvalue weighted by molar-refractivity contribution is 7.89. The normalized spacial score (nSPS) is 15.8. The Bertz CT molecular complexity index is 1580. The fourth-order valence-corrected chi connectivity index (χ4v) is 6.99. The predicted octanol–water partition coefficient (Wildman–Crippen LogP) is 1.42. The van der Waals surface area contributed by atoms with Crippen LogP contribution in [0.1, 0.15) is 16.7 Å². The second-order valence-electron chi connectivity index (χ2n) is 8.73. The van der Waals surface area contributed by atoms with Gasteiger partial charge in [-0.3, -0.25) is 4.79 Å². The average molecular weight is 543 g/mol. The minimum absolute atomic E-state index is 0.0661. The van der Waals surface area contributed by atoms with Gasteiger partial charge in [0.1, 0.15) is 6.04 Å². The van der Waals surface area contributed by atoms with E-state index in [2.05, 4.69) is 10.0 Å². The zero-order chi connectivity index (χ0) is 26.6. The number of carbonyl (C=O) groups is 1. The molecule has 1 fully saturated rings. The first kappa shape index (κ1) is 26.7. The van der Waals surface area contributed by atoms with Crippen molar-refractivity contribution >= 4 is 36.8 Å². The average Bonchev–Trinajstić information content (AvgIpc) is 2.89. The summed E-state index contributed by atoms with van der Waals surface area (Å²) in [7, 11) is -7.79. The van der Waals surface area contributed by atoms with Gasteiger partial charge in [-0.2, -0.15) is 14.3 Å². The number of sulfonamides is 2. The number of nitrogens with zero attached hydrogens (tertiary/aromatic N) is 2. The predicted molar refractivity (Wildman–Crippen MR) is 138 cm³/mol. The van der Waals surface area contributed by atoms with Gasteiger partial charge in [0, 0.05) is 26.2 Å². The molecule has 0 spiro atoms. The van der Waals surface area contributed by atoms with Crippen molar-refractivity contribution in [1.82, 2.24) is 14.3 Å². The van der Waals surface area contributed by atoms with Crippen LogP contribution in [0, 0.1) is 11.3 Å². The van der Waals surface area contributed by atoms with Crippen molar-refractivity contribution < 1.29 is 26.7 Å². The number of nitriles is 1. The molecule has 3 aromatic rings. The van der Waals surface area contributed by atoms with Crippen LogP contribution in [0.5, 0.6) is 0 Å². The molecule has 37 heavy (non-hydrogen) atoms. The lowest BCUT2D eigenvalue weighted by atomic mass is 10.0. The molecule has 0 unspecified atom stereocenters. The summed E-state index contributed by atoms with van der Waals surface area (Å²) in [4.78, 5) is 11.9. The molecule has 1 atom stereocenters. The molecule has 0 saturated carbocycles. The van der Waals surface area contributed by atoms with Gasteiger partial charge in [0.25, 0.3) is 0 Å². The molecule has 1 heterocycles. The van der Waals surface area contributed by atoms with Crippen molar-refractivity contribution in [3.8, 4) is 6.07 Å². The van der Waals surface area contributed by atoms with E-state index in [0.29, 0.717) is 42.7 Å². The molecule has 1 saturated heterocycles. The van der Waals surface area contributed by atoms with Gasteiger partial charge in [0.2, 0.25) is 20.0 Å². The summed E-state index contributed by atoms with van der Waals surface area (Å²) >= 11 is 0. The van der Waals surface area contributed by atoms with Crippen molar-refractivity contribution in [2.24, 2.45) is 0 Å². The third-order valence-corrected chi connectivity index (χ3v) is 9.47. The summed E-state index contributed by atoms with van der Waals surface area (Å²) in [6.45, 7) is 1.80. The van der Waals surface area contributed by atoms with Crippen molar-refractivity contribution in [3.63, 3.8) is 0 Å². The van der Waals surface area contributed by atoms with Crippen LogP contribution in [-0.4, -0.2) is 64.4 Å². The summed E-state index contributed by atoms with van der Waals surface area (Å²) in [6, 6.07) is 16.6. The molecule has 0 amide bonds. The van der Waals surface area contributed by atoms with E-state index >= 15 is 0 Å². The molecule has 3 N–H and O–H groups in total. The summed E-state index contributed by atoms with van der Waals surface area (Å²) in [5, 5.41) is 24.0. The summed E-state index contributed by atoms with van der Waals surface area (Å²) < 4.78 is 55.1. The van der Waals surface area contributed by atoms with Crippen molar-refractivity contribution in [2.75, 3.05) is 26.2 Å². The Balaban J connectivity index is 1.53. The molecule has 10 nitrogen and oxygen atoms in total. The van der Waals surface area contributed by atoms with Crippen molar-refractivity contribution in [3.05, 3.63) is 77.4 Å². The van der Waals surface area contributed by atoms with Crippen LogP contribution in [-0.2, 0) is 37.0 Å². The minimum atomic E-state index is -4.16. The van der Waals surface area contributed by atoms with Gasteiger partial charge in [-0.1, -0.05) is 42.5 Å². The highest BCUT2D eigenvalue weighted by Crippen LogP contribution is 2.21. The highest BCUT2D eigenvalue weighted by atomic mass is 32.2. The lowest BCUT2D eigenvalue weighted by Crippen LogP contribution is -2.46. The molecule has 4 rings (SSSR count). The van der Waals surface area contributed by atoms with Gasteiger partial charge in [0.05, 0.1) is 22.3 Å². The molecule has 0 aromatic heterocycles. The Morgan fingerprint density at radius 1 is 1.03 bits per heavy atom. The first-order valence-electron chi connectivity index (χ1n) is 11.5. The SMILES string of the molecule is N#Cc1cc(C[C@H](NS(=O)(=O)c2ccc3ccccc3c2)C(=O)O)ccc1CS(=O)(=O)N1CCNCC1. The van der Waals surface area contributed by atoms with E-state index in [9.17, 15) is 32.0 Å². The maximum absolute atomic E-state index is 13.0. The van der Waals surface area contributed by atoms with Crippen molar-refractivity contribution in [2.45, 2.75) is 23.1 Å². The van der Waals surface area contributed by atoms with Crippen LogP contribution >= 0.6 is 0 Å². The van der Waals surface area contributed by atoms with E-state index in [1.807, 2.05) is 18.2 Å². The van der Waals surface area contributed by atoms with Gasteiger partial charge in [0.15, 0.2) is 0 Å². The monoisotopic (exact) mass is 542 g/mol. The lowest BCUT2D eigenvalue weighted by molar-refractivity contribution is -0.138. The number of nitrogens with one attached hydrogen (secondary N) is 2. The summed E-state index contributed by atoms with van der Waals surface area (Å²) in [6.07, 6.45) is -0.234. The third-order valence-electron chi connectivity index (χ3n) is 6.17. The number of piperazine rings is 1. The fraction of sp³-hybridized carbons (Fsp3) is 0.280. The van der Waals surface area contributed by atoms with Gasteiger partial charge in [-0.05, 0) is 46.5 Å². The van der Waals surface area contributed by atoms with E-state index in [1.165, 1.54) is 34.6 Å². The molecule has 3 aromatic carbocycles. The third kappa shape index (κ3) is 6.33. The minimum Gasteiger partial charge on any atom is -0.480 e. The van der Waals surface area contributed by atoms with Crippen LogP contribution in [0.4, 0.5) is 0 Å². The number of benzene rings is 3. The number of hydrogen-bond acceptors (Lipinski definition) is 7. The van der Waals surface area contributed by atoms with Crippen molar-refractivity contribution in [1.29, 1.82) is 5.26 Å². The zero-order valence-corrected chi connectivity index (χ0v) is 21.4. The summed E-state index contributed by atoms with van der Waals surface area (Å²) in [5.41, 5.74) is 0.777. The van der Waals surface area contributed by atoms with Gasteiger partial charge in [-0.25, -0.2) is 16.8 Å². The topological polar surface area (TPSA) is 157 Å². The largest absolute Gasteiger partial charge is 0.480 e. The molecule has 1 aliphatic heterocycles. The van der Waals surface area contributed by atoms with E-state index in [4.69, 9.17) is 0 Å². The molecule has 0 aliphatic carbocycles. The number of fused-ring (bicyclic) bond motifs is 1. The second-order valence-corrected chi connectivity index (χ2v) is 12.4. The number of rotatable bonds is 9. The molecule has 12 heteroatoms. The standard InChI is InChI=1S/C25H26N4O6S2/c26-16-22-13-18(5-6-21(22)17-36(32,33)29-11-9-27-10-12-29)14-24(25(30)31)28-37(34,35)23-8-7-19-3-1-2-4-20(19)15-23/h1-8,13,15,24,27-28H,9-12,14,17H2,(H,30,31)/t24-/m0/s1. The van der Waals surface area contributed by atoms with Crippen LogP contribution in [0.25, 0.3) is 10.8 Å². The number of carboxylic acids is 1. The maximum atomic E-state index is 13.0. The van der Waals surface area contributed by atoms with E-state index in [0.717, 1.165) is 5.39 Å². The first-order chi connectivity index (χ1) is 17.6. The molecule has 1 aliphatic rings. The van der Waals surface area contributed by atoms with Crippen LogP contribution in [0.15, 0.2) is 65.6 Å². The molecule has 0 radical (unpaired) electrons.